The van der Waals surface area contributed by atoms with Gasteiger partial charge in [-0.15, -0.1) is 0 Å². The lowest BCUT2D eigenvalue weighted by Crippen LogP contribution is -2.44. The number of amides is 1. The number of likely N-dealkylation sites (tertiary alicyclic amines) is 1. The van der Waals surface area contributed by atoms with Crippen molar-refractivity contribution in [2.24, 2.45) is 5.92 Å². The third kappa shape index (κ3) is 6.97. The number of ether oxygens (including phenoxy) is 2. The van der Waals surface area contributed by atoms with E-state index in [9.17, 15) is 22.4 Å². The van der Waals surface area contributed by atoms with Crippen molar-refractivity contribution in [3.05, 3.63) is 28.8 Å². The number of piperazine rings is 1. The number of nitrogens with two attached hydrogens (primary N) is 1. The molecule has 1 aromatic carbocycles. The third-order valence-electron chi connectivity index (χ3n) is 7.65. The van der Waals surface area contributed by atoms with E-state index in [0.29, 0.717) is 45.7 Å². The Balaban J connectivity index is 0.00000226. The zero-order chi connectivity index (χ0) is 33.1. The molecule has 3 N–H and O–H groups in total. The van der Waals surface area contributed by atoms with Gasteiger partial charge in [0.1, 0.15) is 28.2 Å². The van der Waals surface area contributed by atoms with E-state index in [-0.39, 0.29) is 53.7 Å². The number of benzene rings is 1. The number of pyridine rings is 1. The molecule has 0 bridgehead atoms. The van der Waals surface area contributed by atoms with E-state index in [0.717, 1.165) is 13.0 Å². The molecule has 1 unspecified atom stereocenters. The smallest absolute Gasteiger partial charge is 0.417 e. The zero-order valence-electron chi connectivity index (χ0n) is 25.9. The first kappa shape index (κ1) is 33.9. The highest BCUT2D eigenvalue weighted by atomic mass is 19.4. The van der Waals surface area contributed by atoms with Crippen molar-refractivity contribution in [1.82, 2.24) is 25.2 Å². The van der Waals surface area contributed by atoms with Crippen LogP contribution in [0.15, 0.2) is 6.07 Å². The van der Waals surface area contributed by atoms with Crippen molar-refractivity contribution >= 4 is 28.3 Å². The first-order valence-corrected chi connectivity index (χ1v) is 14.9. The van der Waals surface area contributed by atoms with Crippen LogP contribution >= 0.6 is 0 Å². The average Bonchev–Trinajstić information content (AvgIpc) is 3.50. The van der Waals surface area contributed by atoms with Gasteiger partial charge in [0, 0.05) is 57.7 Å². The van der Waals surface area contributed by atoms with Crippen molar-refractivity contribution in [3.8, 4) is 23.1 Å². The summed E-state index contributed by atoms with van der Waals surface area (Å²) in [6.45, 7) is 11.5. The molecule has 15 heteroatoms. The highest BCUT2D eigenvalue weighted by Gasteiger charge is 2.39. The van der Waals surface area contributed by atoms with Crippen LogP contribution in [0, 0.1) is 24.5 Å². The number of carbonyl (C=O) groups excluding carboxylic acids is 1. The molecule has 0 spiro atoms. The Labute approximate surface area is 258 Å². The Bertz CT molecular complexity index is 1550. The monoisotopic (exact) mass is 639 g/mol. The van der Waals surface area contributed by atoms with Gasteiger partial charge in [0.25, 0.3) is 0 Å². The van der Waals surface area contributed by atoms with E-state index >= 15 is 4.39 Å². The maximum absolute atomic E-state index is 16.5. The number of alkyl halides is 3. The molecule has 5 rings (SSSR count). The second-order valence-electron chi connectivity index (χ2n) is 10.6. The minimum Gasteiger partial charge on any atom is -0.477 e. The number of fused-ring (bicyclic) bond motifs is 1. The van der Waals surface area contributed by atoms with E-state index in [1.807, 2.05) is 18.7 Å². The Morgan fingerprint density at radius 2 is 1.78 bits per heavy atom. The number of nitrogens with zero attached hydrogens (tertiary/aromatic N) is 5. The molecule has 1 amide bonds. The second-order valence-corrected chi connectivity index (χ2v) is 10.6. The predicted molar refractivity (Wildman–Crippen MR) is 160 cm³/mol. The number of aromatic nitrogens is 3. The van der Waals surface area contributed by atoms with Gasteiger partial charge in [0.2, 0.25) is 11.8 Å². The zero-order valence-corrected chi connectivity index (χ0v) is 25.9. The molecule has 0 radical (unpaired) electrons. The summed E-state index contributed by atoms with van der Waals surface area (Å²) in [7, 11) is 0. The minimum absolute atomic E-state index is 0.0119. The summed E-state index contributed by atoms with van der Waals surface area (Å²) in [6, 6.07) is 0.529. The van der Waals surface area contributed by atoms with Gasteiger partial charge in [-0.1, -0.05) is 13.8 Å². The first-order valence-electron chi connectivity index (χ1n) is 14.9. The molecule has 0 saturated carbocycles. The van der Waals surface area contributed by atoms with Gasteiger partial charge < -0.3 is 30.3 Å². The summed E-state index contributed by atoms with van der Waals surface area (Å²) >= 11 is 0. The number of hydrogen-bond donors (Lipinski definition) is 2. The lowest BCUT2D eigenvalue weighted by Gasteiger charge is -2.30. The summed E-state index contributed by atoms with van der Waals surface area (Å²) in [5.41, 5.74) is 1.05. The maximum Gasteiger partial charge on any atom is 0.417 e. The van der Waals surface area contributed by atoms with Gasteiger partial charge in [-0.05, 0) is 31.9 Å². The van der Waals surface area contributed by atoms with Crippen LogP contribution in [0.3, 0.4) is 0 Å². The lowest BCUT2D eigenvalue weighted by molar-refractivity contribution is -0.137. The number of nitrogens with one attached hydrogen (secondary N) is 1. The van der Waals surface area contributed by atoms with Crippen molar-refractivity contribution in [2.45, 2.75) is 47.2 Å². The fourth-order valence-electron chi connectivity index (χ4n) is 5.51. The van der Waals surface area contributed by atoms with E-state index in [1.54, 1.807) is 11.8 Å². The molecule has 45 heavy (non-hydrogen) atoms. The first-order chi connectivity index (χ1) is 21.4. The molecular formula is C30H38F5N7O3. The summed E-state index contributed by atoms with van der Waals surface area (Å²) in [5.74, 6) is -2.44. The molecule has 1 atom stereocenters. The van der Waals surface area contributed by atoms with Gasteiger partial charge in [0.15, 0.2) is 5.82 Å². The number of hydrogen-bond acceptors (Lipinski definition) is 9. The number of rotatable bonds is 7. The molecule has 246 valence electrons. The minimum atomic E-state index is -5.05. The second kappa shape index (κ2) is 14.0. The van der Waals surface area contributed by atoms with Gasteiger partial charge in [0.05, 0.1) is 24.5 Å². The van der Waals surface area contributed by atoms with E-state index in [4.69, 9.17) is 15.2 Å². The Morgan fingerprint density at radius 3 is 2.38 bits per heavy atom. The maximum atomic E-state index is 16.5. The standard InChI is InChI=1S/C28H32F5N7O3.C2H6/c1-4-42-26-19-24(22(30)23(36-26)17-11-18(34)21(29)14(2)20(17)28(31,32)33)37-27(38-25(19)39-9-6-35-7-10-39)43-13-16-5-8-40(12-16)15(3)41;1-2/h11,16,35H,4-10,12-13,34H2,1-3H3;1-2H3. The van der Waals surface area contributed by atoms with Crippen LogP contribution in [0.25, 0.3) is 22.2 Å². The molecule has 2 aromatic heterocycles. The van der Waals surface area contributed by atoms with Crippen LogP contribution in [0.5, 0.6) is 11.9 Å². The van der Waals surface area contributed by atoms with E-state index < -0.39 is 45.9 Å². The molecule has 0 aliphatic carbocycles. The summed E-state index contributed by atoms with van der Waals surface area (Å²) in [4.78, 5) is 28.4. The van der Waals surface area contributed by atoms with E-state index in [2.05, 4.69) is 20.3 Å². The number of nitrogen functional groups attached to an aromatic ring is 1. The number of halogens is 5. The third-order valence-corrected chi connectivity index (χ3v) is 7.65. The van der Waals surface area contributed by atoms with Gasteiger partial charge in [-0.3, -0.25) is 4.79 Å². The van der Waals surface area contributed by atoms with E-state index in [1.165, 1.54) is 6.92 Å². The molecule has 4 heterocycles. The fraction of sp³-hybridized carbons (Fsp3) is 0.533. The average molecular weight is 640 g/mol. The predicted octanol–water partition coefficient (Wildman–Crippen LogP) is 4.96. The van der Waals surface area contributed by atoms with Crippen LogP contribution in [-0.4, -0.2) is 78.2 Å². The largest absolute Gasteiger partial charge is 0.477 e. The quantitative estimate of drug-likeness (QED) is 0.273. The molecule has 3 aromatic rings. The Hall–Kier alpha value is -4.01. The fourth-order valence-corrected chi connectivity index (χ4v) is 5.51. The van der Waals surface area contributed by atoms with Crippen LogP contribution in [0.1, 0.15) is 45.2 Å². The summed E-state index contributed by atoms with van der Waals surface area (Å²) in [5, 5.41) is 3.29. The highest BCUT2D eigenvalue weighted by molar-refractivity contribution is 5.97. The Morgan fingerprint density at radius 1 is 1.09 bits per heavy atom. The summed E-state index contributed by atoms with van der Waals surface area (Å²) in [6.07, 6.45) is -4.36. The van der Waals surface area contributed by atoms with Gasteiger partial charge >= 0.3 is 12.2 Å². The van der Waals surface area contributed by atoms with Crippen molar-refractivity contribution in [2.75, 3.05) is 63.1 Å². The SMILES string of the molecule is CC.CCOc1nc(-c2cc(N)c(F)c(C)c2C(F)(F)F)c(F)c2nc(OCC3CCN(C(C)=O)C3)nc(N3CCNCC3)c12. The number of carbonyl (C=O) groups is 1. The van der Waals surface area contributed by atoms with Crippen LogP contribution in [0.2, 0.25) is 0 Å². The van der Waals surface area contributed by atoms with Crippen LogP contribution < -0.4 is 25.4 Å². The van der Waals surface area contributed by atoms with Crippen molar-refractivity contribution in [1.29, 1.82) is 0 Å². The number of anilines is 2. The van der Waals surface area contributed by atoms with Crippen LogP contribution in [0.4, 0.5) is 33.5 Å². The van der Waals surface area contributed by atoms with Crippen molar-refractivity contribution in [3.63, 3.8) is 0 Å². The molecule has 2 aliphatic rings. The highest BCUT2D eigenvalue weighted by Crippen LogP contribution is 2.45. The van der Waals surface area contributed by atoms with Crippen LogP contribution in [-0.2, 0) is 11.0 Å². The Kier molecular flexibility index (Phi) is 10.5. The normalized spacial score (nSPS) is 16.9. The molecule has 2 aliphatic heterocycles. The van der Waals surface area contributed by atoms with Gasteiger partial charge in [-0.25, -0.2) is 13.8 Å². The molecule has 2 saturated heterocycles. The molecule has 10 nitrogen and oxygen atoms in total. The van der Waals surface area contributed by atoms with Gasteiger partial charge in [-0.2, -0.15) is 23.1 Å². The summed E-state index contributed by atoms with van der Waals surface area (Å²) < 4.78 is 85.3. The molecular weight excluding hydrogens is 601 g/mol. The lowest BCUT2D eigenvalue weighted by atomic mass is 9.96. The molecule has 2 fully saturated rings. The van der Waals surface area contributed by atoms with Crippen molar-refractivity contribution < 1.29 is 36.2 Å². The topological polar surface area (TPSA) is 119 Å².